The summed E-state index contributed by atoms with van der Waals surface area (Å²) in [6.45, 7) is 13.3. The maximum atomic E-state index is 5.48. The average Bonchev–Trinajstić information content (AvgIpc) is 2.46. The number of benzene rings is 1. The quantitative estimate of drug-likeness (QED) is 0.748. The van der Waals surface area contributed by atoms with Crippen LogP contribution in [-0.2, 0) is 0 Å². The summed E-state index contributed by atoms with van der Waals surface area (Å²) in [5.74, 6) is 0.974. The molecule has 0 aliphatic heterocycles. The Labute approximate surface area is 130 Å². The molecule has 0 saturated heterocycles. The molecule has 0 heterocycles. The van der Waals surface area contributed by atoms with Crippen LogP contribution in [0.15, 0.2) is 24.3 Å². The topological polar surface area (TPSA) is 24.5 Å². The summed E-state index contributed by atoms with van der Waals surface area (Å²) in [6, 6.07) is 9.81. The Balaban J connectivity index is 2.63. The maximum Gasteiger partial charge on any atom is 0.123 e. The molecular weight excluding hydrogens is 260 g/mol. The van der Waals surface area contributed by atoms with Crippen LogP contribution in [0.4, 0.5) is 0 Å². The van der Waals surface area contributed by atoms with E-state index in [0.717, 1.165) is 25.3 Å². The Bertz CT molecular complexity index is 396. The van der Waals surface area contributed by atoms with Gasteiger partial charge in [0.1, 0.15) is 5.75 Å². The molecule has 0 aliphatic rings. The Kier molecular flexibility index (Phi) is 7.76. The first-order valence-electron chi connectivity index (χ1n) is 8.13. The second-order valence-corrected chi connectivity index (χ2v) is 6.08. The van der Waals surface area contributed by atoms with Crippen LogP contribution >= 0.6 is 0 Å². The third-order valence-corrected chi connectivity index (χ3v) is 4.01. The molecule has 0 saturated carbocycles. The zero-order chi connectivity index (χ0) is 15.8. The number of ether oxygens (including phenoxy) is 1. The van der Waals surface area contributed by atoms with E-state index in [4.69, 9.17) is 4.74 Å². The second-order valence-electron chi connectivity index (χ2n) is 6.08. The van der Waals surface area contributed by atoms with Gasteiger partial charge in [0.25, 0.3) is 0 Å². The van der Waals surface area contributed by atoms with Crippen molar-refractivity contribution in [2.24, 2.45) is 0 Å². The van der Waals surface area contributed by atoms with E-state index in [-0.39, 0.29) is 0 Å². The van der Waals surface area contributed by atoms with Crippen LogP contribution in [0.5, 0.6) is 5.75 Å². The molecule has 1 rings (SSSR count). The molecule has 1 unspecified atom stereocenters. The average molecular weight is 292 g/mol. The van der Waals surface area contributed by atoms with Crippen LogP contribution in [0, 0.1) is 0 Å². The first kappa shape index (κ1) is 18.0. The van der Waals surface area contributed by atoms with Crippen molar-refractivity contribution in [3.8, 4) is 5.75 Å². The summed E-state index contributed by atoms with van der Waals surface area (Å²) in [4.78, 5) is 2.52. The van der Waals surface area contributed by atoms with Gasteiger partial charge in [0.05, 0.1) is 7.11 Å². The molecule has 21 heavy (non-hydrogen) atoms. The van der Waals surface area contributed by atoms with Crippen molar-refractivity contribution in [3.05, 3.63) is 29.8 Å². The van der Waals surface area contributed by atoms with Crippen LogP contribution < -0.4 is 10.1 Å². The molecule has 0 spiro atoms. The minimum Gasteiger partial charge on any atom is -0.496 e. The standard InChI is InChI=1S/C18H32N2O/c1-7-17(16-10-8-9-11-18(16)21-6)19-12-13-20(14(2)3)15(4)5/h8-11,14-15,17,19H,7,12-13H2,1-6H3. The van der Waals surface area contributed by atoms with E-state index in [1.54, 1.807) is 7.11 Å². The lowest BCUT2D eigenvalue weighted by atomic mass is 10.0. The summed E-state index contributed by atoms with van der Waals surface area (Å²) in [5.41, 5.74) is 1.25. The fourth-order valence-corrected chi connectivity index (χ4v) is 2.91. The Morgan fingerprint density at radius 2 is 1.71 bits per heavy atom. The van der Waals surface area contributed by atoms with E-state index in [9.17, 15) is 0 Å². The van der Waals surface area contributed by atoms with Crippen molar-refractivity contribution in [3.63, 3.8) is 0 Å². The van der Waals surface area contributed by atoms with E-state index in [1.807, 2.05) is 12.1 Å². The first-order valence-corrected chi connectivity index (χ1v) is 8.13. The van der Waals surface area contributed by atoms with E-state index in [1.165, 1.54) is 5.56 Å². The Hall–Kier alpha value is -1.06. The minimum absolute atomic E-state index is 0.349. The third-order valence-electron chi connectivity index (χ3n) is 4.01. The summed E-state index contributed by atoms with van der Waals surface area (Å²) < 4.78 is 5.48. The molecule has 1 N–H and O–H groups in total. The minimum atomic E-state index is 0.349. The predicted molar refractivity (Wildman–Crippen MR) is 91.0 cm³/mol. The van der Waals surface area contributed by atoms with Gasteiger partial charge in [-0.3, -0.25) is 4.90 Å². The number of hydrogen-bond acceptors (Lipinski definition) is 3. The molecular formula is C18H32N2O. The molecule has 0 bridgehead atoms. The lowest BCUT2D eigenvalue weighted by Crippen LogP contribution is -2.42. The second kappa shape index (κ2) is 9.06. The van der Waals surface area contributed by atoms with Crippen molar-refractivity contribution in [1.82, 2.24) is 10.2 Å². The monoisotopic (exact) mass is 292 g/mol. The summed E-state index contributed by atoms with van der Waals surface area (Å²) in [6.07, 6.45) is 1.06. The normalized spacial score (nSPS) is 13.2. The number of nitrogens with zero attached hydrogens (tertiary/aromatic N) is 1. The fraction of sp³-hybridized carbons (Fsp3) is 0.667. The van der Waals surface area contributed by atoms with Crippen molar-refractivity contribution in [2.45, 2.75) is 59.2 Å². The van der Waals surface area contributed by atoms with E-state index >= 15 is 0 Å². The highest BCUT2D eigenvalue weighted by Gasteiger charge is 2.16. The highest BCUT2D eigenvalue weighted by molar-refractivity contribution is 5.35. The Morgan fingerprint density at radius 3 is 2.24 bits per heavy atom. The largest absolute Gasteiger partial charge is 0.496 e. The molecule has 0 amide bonds. The van der Waals surface area contributed by atoms with Gasteiger partial charge in [-0.25, -0.2) is 0 Å². The number of methoxy groups -OCH3 is 1. The van der Waals surface area contributed by atoms with E-state index in [0.29, 0.717) is 18.1 Å². The van der Waals surface area contributed by atoms with Crippen LogP contribution in [0.25, 0.3) is 0 Å². The number of hydrogen-bond donors (Lipinski definition) is 1. The third kappa shape index (κ3) is 5.33. The van der Waals surface area contributed by atoms with Gasteiger partial charge in [0.15, 0.2) is 0 Å². The summed E-state index contributed by atoms with van der Waals surface area (Å²) in [7, 11) is 1.74. The van der Waals surface area contributed by atoms with Crippen molar-refractivity contribution >= 4 is 0 Å². The molecule has 1 aromatic rings. The van der Waals surface area contributed by atoms with Gasteiger partial charge in [-0.05, 0) is 40.2 Å². The van der Waals surface area contributed by atoms with Gasteiger partial charge >= 0.3 is 0 Å². The van der Waals surface area contributed by atoms with Crippen LogP contribution in [0.1, 0.15) is 52.6 Å². The van der Waals surface area contributed by atoms with Crippen LogP contribution in [0.2, 0.25) is 0 Å². The zero-order valence-electron chi connectivity index (χ0n) is 14.5. The highest BCUT2D eigenvalue weighted by Crippen LogP contribution is 2.26. The molecule has 1 aromatic carbocycles. The summed E-state index contributed by atoms with van der Waals surface area (Å²) >= 11 is 0. The predicted octanol–water partition coefficient (Wildman–Crippen LogP) is 3.85. The van der Waals surface area contributed by atoms with Crippen molar-refractivity contribution < 1.29 is 4.74 Å². The lowest BCUT2D eigenvalue weighted by Gasteiger charge is -2.31. The van der Waals surface area contributed by atoms with Crippen LogP contribution in [0.3, 0.4) is 0 Å². The lowest BCUT2D eigenvalue weighted by molar-refractivity contribution is 0.173. The van der Waals surface area contributed by atoms with Gasteiger partial charge < -0.3 is 10.1 Å². The van der Waals surface area contributed by atoms with Crippen molar-refractivity contribution in [1.29, 1.82) is 0 Å². The first-order chi connectivity index (χ1) is 10.0. The number of para-hydroxylation sites is 1. The molecule has 1 atom stereocenters. The highest BCUT2D eigenvalue weighted by atomic mass is 16.5. The van der Waals surface area contributed by atoms with Gasteiger partial charge in [-0.15, -0.1) is 0 Å². The molecule has 0 aromatic heterocycles. The number of nitrogens with one attached hydrogen (secondary N) is 1. The molecule has 0 radical (unpaired) electrons. The number of rotatable bonds is 9. The smallest absolute Gasteiger partial charge is 0.123 e. The molecule has 0 fully saturated rings. The molecule has 3 nitrogen and oxygen atoms in total. The van der Waals surface area contributed by atoms with E-state index < -0.39 is 0 Å². The van der Waals surface area contributed by atoms with Crippen molar-refractivity contribution in [2.75, 3.05) is 20.2 Å². The fourth-order valence-electron chi connectivity index (χ4n) is 2.91. The van der Waals surface area contributed by atoms with Crippen LogP contribution in [-0.4, -0.2) is 37.2 Å². The molecule has 0 aliphatic carbocycles. The summed E-state index contributed by atoms with van der Waals surface area (Å²) in [5, 5.41) is 3.68. The van der Waals surface area contributed by atoms with Gasteiger partial charge in [-0.2, -0.15) is 0 Å². The molecule has 120 valence electrons. The van der Waals surface area contributed by atoms with E-state index in [2.05, 4.69) is 57.0 Å². The Morgan fingerprint density at radius 1 is 1.10 bits per heavy atom. The maximum absolute atomic E-state index is 5.48. The zero-order valence-corrected chi connectivity index (χ0v) is 14.5. The SMILES string of the molecule is CCC(NCCN(C(C)C)C(C)C)c1ccccc1OC. The van der Waals surface area contributed by atoms with Gasteiger partial charge in [0, 0.05) is 36.8 Å². The van der Waals surface area contributed by atoms with Gasteiger partial charge in [-0.1, -0.05) is 25.1 Å². The van der Waals surface area contributed by atoms with Gasteiger partial charge in [0.2, 0.25) is 0 Å². The molecule has 3 heteroatoms.